The maximum atomic E-state index is 11.3. The van der Waals surface area contributed by atoms with E-state index in [1.807, 2.05) is 0 Å². The fraction of sp³-hybridized carbons (Fsp3) is 0.692. The van der Waals surface area contributed by atoms with Crippen LogP contribution in [0.2, 0.25) is 0 Å². The van der Waals surface area contributed by atoms with Crippen molar-refractivity contribution in [1.29, 1.82) is 0 Å². The molecule has 0 fully saturated rings. The summed E-state index contributed by atoms with van der Waals surface area (Å²) in [4.78, 5) is 22.4. The van der Waals surface area contributed by atoms with Gasteiger partial charge < -0.3 is 19.3 Å². The van der Waals surface area contributed by atoms with Crippen molar-refractivity contribution in [1.82, 2.24) is 0 Å². The van der Waals surface area contributed by atoms with Gasteiger partial charge >= 0.3 is 12.1 Å². The van der Waals surface area contributed by atoms with Crippen LogP contribution in [0.25, 0.3) is 0 Å². The van der Waals surface area contributed by atoms with Gasteiger partial charge in [0.05, 0.1) is 18.6 Å². The fourth-order valence-corrected chi connectivity index (χ4v) is 1.16. The normalized spacial score (nSPS) is 13.3. The molecule has 110 valence electrons. The molecule has 6 nitrogen and oxygen atoms in total. The molecule has 19 heavy (non-hydrogen) atoms. The molecule has 0 amide bonds. The van der Waals surface area contributed by atoms with E-state index in [0.717, 1.165) is 0 Å². The minimum atomic E-state index is -0.822. The summed E-state index contributed by atoms with van der Waals surface area (Å²) in [5.74, 6) is -0.539. The predicted molar refractivity (Wildman–Crippen MR) is 68.6 cm³/mol. The van der Waals surface area contributed by atoms with Gasteiger partial charge in [0.15, 0.2) is 0 Å². The summed E-state index contributed by atoms with van der Waals surface area (Å²) in [6.45, 7) is 8.27. The number of esters is 1. The number of hydrogen-bond donors (Lipinski definition) is 1. The first-order chi connectivity index (χ1) is 8.90. The summed E-state index contributed by atoms with van der Waals surface area (Å²) < 4.78 is 14.5. The third kappa shape index (κ3) is 6.24. The summed E-state index contributed by atoms with van der Waals surface area (Å²) in [7, 11) is 0. The van der Waals surface area contributed by atoms with Crippen LogP contribution >= 0.6 is 0 Å². The van der Waals surface area contributed by atoms with Crippen molar-refractivity contribution in [3.05, 3.63) is 12.2 Å². The predicted octanol–water partition coefficient (Wildman–Crippen LogP) is 1.67. The van der Waals surface area contributed by atoms with Gasteiger partial charge in [-0.2, -0.15) is 0 Å². The minimum Gasteiger partial charge on any atom is -0.462 e. The van der Waals surface area contributed by atoms with Gasteiger partial charge in [-0.1, -0.05) is 13.5 Å². The third-order valence-electron chi connectivity index (χ3n) is 2.70. The van der Waals surface area contributed by atoms with Crippen LogP contribution in [0.15, 0.2) is 12.2 Å². The molecule has 1 unspecified atom stereocenters. The van der Waals surface area contributed by atoms with Crippen molar-refractivity contribution < 1.29 is 28.9 Å². The number of carbonyl (C=O) groups excluding carboxylic acids is 2. The molecular weight excluding hydrogens is 252 g/mol. The average Bonchev–Trinajstić information content (AvgIpc) is 2.39. The number of rotatable bonds is 8. The zero-order chi connectivity index (χ0) is 14.9. The van der Waals surface area contributed by atoms with Gasteiger partial charge in [0, 0.05) is 5.57 Å². The summed E-state index contributed by atoms with van der Waals surface area (Å²) >= 11 is 0. The molecule has 0 aromatic heterocycles. The highest BCUT2D eigenvalue weighted by atomic mass is 16.7. The molecule has 6 heteroatoms. The lowest BCUT2D eigenvalue weighted by Gasteiger charge is -2.29. The summed E-state index contributed by atoms with van der Waals surface area (Å²) in [6.07, 6.45) is -0.327. The molecule has 0 aliphatic heterocycles. The molecule has 0 saturated heterocycles. The SMILES string of the molecule is C=C(C)C(=O)OCC(CC)(CO)COC(=O)OCC. The van der Waals surface area contributed by atoms with Crippen molar-refractivity contribution in [3.8, 4) is 0 Å². The van der Waals surface area contributed by atoms with Gasteiger partial charge in [-0.05, 0) is 20.3 Å². The lowest BCUT2D eigenvalue weighted by atomic mass is 9.88. The van der Waals surface area contributed by atoms with Crippen molar-refractivity contribution in [3.63, 3.8) is 0 Å². The van der Waals surface area contributed by atoms with E-state index in [1.54, 1.807) is 13.8 Å². The molecule has 0 spiro atoms. The Morgan fingerprint density at radius 1 is 1.16 bits per heavy atom. The van der Waals surface area contributed by atoms with E-state index in [-0.39, 0.29) is 32.0 Å². The van der Waals surface area contributed by atoms with Crippen LogP contribution in [0.1, 0.15) is 27.2 Å². The first kappa shape index (κ1) is 17.4. The Labute approximate surface area is 113 Å². The van der Waals surface area contributed by atoms with Crippen LogP contribution in [0.4, 0.5) is 4.79 Å². The molecule has 0 saturated carbocycles. The summed E-state index contributed by atoms with van der Waals surface area (Å²) in [5.41, 5.74) is -0.549. The van der Waals surface area contributed by atoms with Crippen LogP contribution < -0.4 is 0 Å². The standard InChI is InChI=1S/C13H22O6/c1-5-13(7-14,8-18-11(15)10(3)4)9-19-12(16)17-6-2/h14H,3,5-9H2,1-2,4H3. The van der Waals surface area contributed by atoms with E-state index < -0.39 is 17.5 Å². The Morgan fingerprint density at radius 3 is 2.16 bits per heavy atom. The zero-order valence-corrected chi connectivity index (χ0v) is 11.7. The van der Waals surface area contributed by atoms with Crippen molar-refractivity contribution >= 4 is 12.1 Å². The van der Waals surface area contributed by atoms with Gasteiger partial charge in [0.2, 0.25) is 0 Å². The van der Waals surface area contributed by atoms with E-state index in [0.29, 0.717) is 6.42 Å². The second kappa shape index (κ2) is 8.53. The average molecular weight is 274 g/mol. The number of ether oxygens (including phenoxy) is 3. The molecule has 0 aliphatic rings. The highest BCUT2D eigenvalue weighted by Gasteiger charge is 2.31. The second-order valence-corrected chi connectivity index (χ2v) is 4.34. The van der Waals surface area contributed by atoms with E-state index in [2.05, 4.69) is 11.3 Å². The summed E-state index contributed by atoms with van der Waals surface area (Å²) in [5, 5.41) is 9.42. The van der Waals surface area contributed by atoms with Gasteiger partial charge in [0.1, 0.15) is 13.2 Å². The van der Waals surface area contributed by atoms with Crippen molar-refractivity contribution in [2.45, 2.75) is 27.2 Å². The Kier molecular flexibility index (Phi) is 7.83. The largest absolute Gasteiger partial charge is 0.508 e. The Balaban J connectivity index is 4.45. The Hall–Kier alpha value is -1.56. The molecule has 0 bridgehead atoms. The van der Waals surface area contributed by atoms with Crippen molar-refractivity contribution in [2.24, 2.45) is 5.41 Å². The van der Waals surface area contributed by atoms with E-state index in [4.69, 9.17) is 9.47 Å². The summed E-state index contributed by atoms with van der Waals surface area (Å²) in [6, 6.07) is 0. The monoisotopic (exact) mass is 274 g/mol. The minimum absolute atomic E-state index is 0.0505. The van der Waals surface area contributed by atoms with E-state index in [1.165, 1.54) is 6.92 Å². The molecule has 1 atom stereocenters. The molecular formula is C13H22O6. The molecule has 0 rings (SSSR count). The van der Waals surface area contributed by atoms with Crippen LogP contribution in [0.5, 0.6) is 0 Å². The number of hydrogen-bond acceptors (Lipinski definition) is 6. The quantitative estimate of drug-likeness (QED) is 0.535. The molecule has 0 aliphatic carbocycles. The highest BCUT2D eigenvalue weighted by molar-refractivity contribution is 5.86. The first-order valence-corrected chi connectivity index (χ1v) is 6.13. The molecule has 0 aromatic rings. The van der Waals surface area contributed by atoms with Gasteiger partial charge in [-0.3, -0.25) is 0 Å². The molecule has 1 N–H and O–H groups in total. The smallest absolute Gasteiger partial charge is 0.462 e. The van der Waals surface area contributed by atoms with Gasteiger partial charge in [0.25, 0.3) is 0 Å². The van der Waals surface area contributed by atoms with Gasteiger partial charge in [-0.15, -0.1) is 0 Å². The molecule has 0 radical (unpaired) electrons. The van der Waals surface area contributed by atoms with Crippen molar-refractivity contribution in [2.75, 3.05) is 26.4 Å². The third-order valence-corrected chi connectivity index (χ3v) is 2.70. The number of aliphatic hydroxyl groups is 1. The van der Waals surface area contributed by atoms with Crippen LogP contribution in [-0.4, -0.2) is 43.7 Å². The lowest BCUT2D eigenvalue weighted by molar-refractivity contribution is -0.145. The maximum Gasteiger partial charge on any atom is 0.508 e. The zero-order valence-electron chi connectivity index (χ0n) is 11.7. The maximum absolute atomic E-state index is 11.3. The number of aliphatic hydroxyl groups excluding tert-OH is 1. The fourth-order valence-electron chi connectivity index (χ4n) is 1.16. The van der Waals surface area contributed by atoms with Crippen LogP contribution in [-0.2, 0) is 19.0 Å². The number of carbonyl (C=O) groups is 2. The highest BCUT2D eigenvalue weighted by Crippen LogP contribution is 2.23. The van der Waals surface area contributed by atoms with E-state index >= 15 is 0 Å². The Morgan fingerprint density at radius 2 is 1.74 bits per heavy atom. The lowest BCUT2D eigenvalue weighted by Crippen LogP contribution is -2.37. The van der Waals surface area contributed by atoms with Crippen LogP contribution in [0.3, 0.4) is 0 Å². The second-order valence-electron chi connectivity index (χ2n) is 4.34. The first-order valence-electron chi connectivity index (χ1n) is 6.13. The molecule has 0 heterocycles. The topological polar surface area (TPSA) is 82.1 Å². The van der Waals surface area contributed by atoms with E-state index in [9.17, 15) is 14.7 Å². The van der Waals surface area contributed by atoms with Crippen LogP contribution in [0, 0.1) is 5.41 Å². The van der Waals surface area contributed by atoms with Gasteiger partial charge in [-0.25, -0.2) is 9.59 Å². The molecule has 0 aromatic carbocycles. The Bertz CT molecular complexity index is 319.